The molecule has 4 atom stereocenters. The number of rotatable bonds is 3. The monoisotopic (exact) mass is 163 g/mol. The maximum absolute atomic E-state index is 9.18. The first-order valence-corrected chi connectivity index (χ1v) is 3.54. The lowest BCUT2D eigenvalue weighted by Gasteiger charge is -2.43. The van der Waals surface area contributed by atoms with Crippen LogP contribution in [0.3, 0.4) is 0 Å². The van der Waals surface area contributed by atoms with Crippen LogP contribution < -0.4 is 5.32 Å². The molecular weight excluding hydrogens is 150 g/mol. The molecular formula is C6H13NO4. The van der Waals surface area contributed by atoms with Crippen molar-refractivity contribution >= 4 is 0 Å². The molecule has 1 saturated heterocycles. The van der Waals surface area contributed by atoms with Gasteiger partial charge >= 0.3 is 0 Å². The van der Waals surface area contributed by atoms with Gasteiger partial charge in [0, 0.05) is 0 Å². The van der Waals surface area contributed by atoms with E-state index in [0.717, 1.165) is 0 Å². The zero-order valence-corrected chi connectivity index (χ0v) is 6.01. The molecule has 5 heteroatoms. The molecule has 0 saturated carbocycles. The van der Waals surface area contributed by atoms with Crippen molar-refractivity contribution < 1.29 is 20.4 Å². The van der Waals surface area contributed by atoms with Crippen molar-refractivity contribution in [1.82, 2.24) is 5.32 Å². The minimum absolute atomic E-state index is 0.157. The van der Waals surface area contributed by atoms with E-state index in [0.29, 0.717) is 0 Å². The van der Waals surface area contributed by atoms with Crippen molar-refractivity contribution in [3.63, 3.8) is 0 Å². The molecule has 0 aromatic heterocycles. The van der Waals surface area contributed by atoms with Crippen LogP contribution >= 0.6 is 0 Å². The summed E-state index contributed by atoms with van der Waals surface area (Å²) in [6.07, 6.45) is -1.71. The average molecular weight is 163 g/mol. The molecule has 1 rings (SSSR count). The predicted molar refractivity (Wildman–Crippen MR) is 36.9 cm³/mol. The second kappa shape index (κ2) is 3.46. The maximum Gasteiger partial charge on any atom is 0.0949 e. The van der Waals surface area contributed by atoms with Crippen molar-refractivity contribution in [2.45, 2.75) is 24.3 Å². The van der Waals surface area contributed by atoms with Gasteiger partial charge in [0.15, 0.2) is 0 Å². The van der Waals surface area contributed by atoms with Crippen LogP contribution in [-0.4, -0.2) is 57.9 Å². The second-order valence-corrected chi connectivity index (χ2v) is 2.72. The van der Waals surface area contributed by atoms with Crippen LogP contribution in [0.25, 0.3) is 0 Å². The molecule has 5 N–H and O–H groups in total. The first kappa shape index (κ1) is 8.89. The smallest absolute Gasteiger partial charge is 0.0949 e. The molecule has 1 aliphatic heterocycles. The van der Waals surface area contributed by atoms with E-state index < -0.39 is 18.2 Å². The molecule has 0 aromatic carbocycles. The number of hydrogen-bond donors (Lipinski definition) is 5. The van der Waals surface area contributed by atoms with Gasteiger partial charge in [-0.1, -0.05) is 0 Å². The number of hydrogen-bond acceptors (Lipinski definition) is 5. The Morgan fingerprint density at radius 2 is 2.00 bits per heavy atom. The zero-order valence-electron chi connectivity index (χ0n) is 6.01. The molecule has 0 spiro atoms. The first-order chi connectivity index (χ1) is 5.20. The topological polar surface area (TPSA) is 93.0 Å². The third kappa shape index (κ3) is 1.52. The Morgan fingerprint density at radius 1 is 1.36 bits per heavy atom. The van der Waals surface area contributed by atoms with Gasteiger partial charge in [0.1, 0.15) is 0 Å². The number of aliphatic hydroxyl groups excluding tert-OH is 4. The molecule has 0 aromatic rings. The van der Waals surface area contributed by atoms with Crippen LogP contribution in [0.15, 0.2) is 0 Å². The van der Waals surface area contributed by atoms with Gasteiger partial charge in [-0.2, -0.15) is 0 Å². The van der Waals surface area contributed by atoms with E-state index in [1.807, 2.05) is 0 Å². The van der Waals surface area contributed by atoms with Crippen molar-refractivity contribution in [2.24, 2.45) is 0 Å². The van der Waals surface area contributed by atoms with Crippen molar-refractivity contribution in [1.29, 1.82) is 0 Å². The van der Waals surface area contributed by atoms with Crippen molar-refractivity contribution in [2.75, 3.05) is 13.2 Å². The van der Waals surface area contributed by atoms with E-state index in [9.17, 15) is 5.11 Å². The van der Waals surface area contributed by atoms with E-state index >= 15 is 0 Å². The van der Waals surface area contributed by atoms with Crippen LogP contribution in [0.5, 0.6) is 0 Å². The van der Waals surface area contributed by atoms with Crippen LogP contribution in [0.2, 0.25) is 0 Å². The van der Waals surface area contributed by atoms with Crippen LogP contribution in [0.1, 0.15) is 0 Å². The molecule has 1 fully saturated rings. The van der Waals surface area contributed by atoms with Gasteiger partial charge < -0.3 is 25.7 Å². The largest absolute Gasteiger partial charge is 0.395 e. The summed E-state index contributed by atoms with van der Waals surface area (Å²) >= 11 is 0. The van der Waals surface area contributed by atoms with E-state index in [-0.39, 0.29) is 19.3 Å². The average Bonchev–Trinajstić information content (AvgIpc) is 2.02. The molecule has 0 amide bonds. The molecule has 0 radical (unpaired) electrons. The van der Waals surface area contributed by atoms with Gasteiger partial charge in [-0.3, -0.25) is 0 Å². The molecule has 66 valence electrons. The van der Waals surface area contributed by atoms with Gasteiger partial charge in [0.05, 0.1) is 37.5 Å². The molecule has 1 heterocycles. The Labute approximate surface area is 64.3 Å². The lowest BCUT2D eigenvalue weighted by atomic mass is 9.89. The van der Waals surface area contributed by atoms with Crippen molar-refractivity contribution in [3.8, 4) is 0 Å². The van der Waals surface area contributed by atoms with Crippen molar-refractivity contribution in [3.05, 3.63) is 0 Å². The van der Waals surface area contributed by atoms with Gasteiger partial charge in [-0.25, -0.2) is 0 Å². The predicted octanol–water partition coefficient (Wildman–Crippen LogP) is -2.97. The maximum atomic E-state index is 9.18. The summed E-state index contributed by atoms with van der Waals surface area (Å²) in [5.74, 6) is 0. The number of aliphatic hydroxyl groups is 4. The summed E-state index contributed by atoms with van der Waals surface area (Å²) in [7, 11) is 0. The van der Waals surface area contributed by atoms with Crippen LogP contribution in [0, 0.1) is 0 Å². The summed E-state index contributed by atoms with van der Waals surface area (Å²) in [5, 5.41) is 37.9. The van der Waals surface area contributed by atoms with Crippen LogP contribution in [-0.2, 0) is 0 Å². The fourth-order valence-electron chi connectivity index (χ4n) is 1.19. The molecule has 5 nitrogen and oxygen atoms in total. The molecule has 0 aliphatic carbocycles. The Hall–Kier alpha value is -0.200. The highest BCUT2D eigenvalue weighted by Crippen LogP contribution is 2.15. The zero-order chi connectivity index (χ0) is 8.43. The molecule has 11 heavy (non-hydrogen) atoms. The molecule has 0 bridgehead atoms. The van der Waals surface area contributed by atoms with Gasteiger partial charge in [-0.05, 0) is 0 Å². The fraction of sp³-hybridized carbons (Fsp3) is 1.00. The lowest BCUT2D eigenvalue weighted by Crippen LogP contribution is -2.71. The molecule has 0 unspecified atom stereocenters. The third-order valence-electron chi connectivity index (χ3n) is 1.99. The molecule has 1 aliphatic rings. The summed E-state index contributed by atoms with van der Waals surface area (Å²) in [6, 6.07) is -0.863. The first-order valence-electron chi connectivity index (χ1n) is 3.54. The van der Waals surface area contributed by atoms with E-state index in [4.69, 9.17) is 15.3 Å². The Bertz CT molecular complexity index is 132. The second-order valence-electron chi connectivity index (χ2n) is 2.72. The fourth-order valence-corrected chi connectivity index (χ4v) is 1.19. The quantitative estimate of drug-likeness (QED) is 0.306. The highest BCUT2D eigenvalue weighted by Gasteiger charge is 2.42. The van der Waals surface area contributed by atoms with Crippen LogP contribution in [0.4, 0.5) is 0 Å². The highest BCUT2D eigenvalue weighted by molar-refractivity contribution is 5.01. The highest BCUT2D eigenvalue weighted by atomic mass is 16.3. The third-order valence-corrected chi connectivity index (χ3v) is 1.99. The normalized spacial score (nSPS) is 39.8. The Kier molecular flexibility index (Phi) is 2.80. The summed E-state index contributed by atoms with van der Waals surface area (Å²) in [5.41, 5.74) is 0. The Morgan fingerprint density at radius 3 is 2.36 bits per heavy atom. The summed E-state index contributed by atoms with van der Waals surface area (Å²) in [4.78, 5) is 0. The van der Waals surface area contributed by atoms with Gasteiger partial charge in [0.2, 0.25) is 0 Å². The SMILES string of the molecule is OC[C@H](O)[C@H]1N[C@H](CO)[C@H]1O. The summed E-state index contributed by atoms with van der Waals surface area (Å²) < 4.78 is 0. The van der Waals surface area contributed by atoms with E-state index in [1.54, 1.807) is 0 Å². The van der Waals surface area contributed by atoms with E-state index in [1.165, 1.54) is 0 Å². The minimum atomic E-state index is -0.951. The lowest BCUT2D eigenvalue weighted by molar-refractivity contribution is -0.0778. The standard InChI is InChI=1S/C6H13NO4/c8-1-3-6(11)5(7-3)4(10)2-9/h3-11H,1-2H2/t3-,4+,5-,6-/m1/s1. The summed E-state index contributed by atoms with van der Waals surface area (Å²) in [6.45, 7) is -0.539. The Balaban J connectivity index is 2.32. The van der Waals surface area contributed by atoms with E-state index in [2.05, 4.69) is 5.32 Å². The minimum Gasteiger partial charge on any atom is -0.395 e. The van der Waals surface area contributed by atoms with Gasteiger partial charge in [0.25, 0.3) is 0 Å². The number of nitrogens with one attached hydrogen (secondary N) is 1. The van der Waals surface area contributed by atoms with Gasteiger partial charge in [-0.15, -0.1) is 0 Å².